The minimum absolute atomic E-state index is 0.0174. The van der Waals surface area contributed by atoms with Crippen molar-refractivity contribution in [2.24, 2.45) is 11.3 Å². The van der Waals surface area contributed by atoms with E-state index in [9.17, 15) is 14.4 Å². The minimum Gasteiger partial charge on any atom is -0.468 e. The van der Waals surface area contributed by atoms with Gasteiger partial charge in [0.2, 0.25) is 18.6 Å². The molecule has 2 aromatic rings. The van der Waals surface area contributed by atoms with Crippen molar-refractivity contribution >= 4 is 29.5 Å². The number of carbonyl (C=O) groups is 3. The van der Waals surface area contributed by atoms with E-state index in [4.69, 9.17) is 23.7 Å². The maximum atomic E-state index is 14.3. The van der Waals surface area contributed by atoms with Crippen LogP contribution in [0.4, 0.5) is 0 Å². The molecule has 0 N–H and O–H groups in total. The molecule has 4 atom stereocenters. The van der Waals surface area contributed by atoms with Crippen molar-refractivity contribution in [2.45, 2.75) is 45.1 Å². The van der Waals surface area contributed by atoms with Crippen LogP contribution in [-0.4, -0.2) is 84.9 Å². The van der Waals surface area contributed by atoms with Gasteiger partial charge in [0.25, 0.3) is 0 Å². The first-order chi connectivity index (χ1) is 21.4. The van der Waals surface area contributed by atoms with Gasteiger partial charge in [0, 0.05) is 42.6 Å². The molecule has 0 radical (unpaired) electrons. The number of amides is 2. The first kappa shape index (κ1) is 30.5. The van der Waals surface area contributed by atoms with Crippen LogP contribution in [0.3, 0.4) is 0 Å². The van der Waals surface area contributed by atoms with E-state index in [1.807, 2.05) is 78.2 Å². The number of hydrogen-bond acceptors (Lipinski definition) is 9. The van der Waals surface area contributed by atoms with Crippen LogP contribution < -0.4 is 9.47 Å². The predicted molar refractivity (Wildman–Crippen MR) is 163 cm³/mol. The highest BCUT2D eigenvalue weighted by atomic mass is 32.2. The lowest BCUT2D eigenvalue weighted by molar-refractivity contribution is -0.178. The number of carbonyl (C=O) groups excluding carboxylic acids is 3. The normalized spacial score (nSPS) is 26.2. The molecular weight excluding hydrogens is 584 g/mol. The summed E-state index contributed by atoms with van der Waals surface area (Å²) >= 11 is 1.81. The van der Waals surface area contributed by atoms with Gasteiger partial charge in [-0.25, -0.2) is 0 Å². The Morgan fingerprint density at radius 2 is 1.82 bits per heavy atom. The monoisotopic (exact) mass is 622 g/mol. The largest absolute Gasteiger partial charge is 0.468 e. The summed E-state index contributed by atoms with van der Waals surface area (Å²) in [4.78, 5) is 45.0. The topological polar surface area (TPSA) is 104 Å². The van der Waals surface area contributed by atoms with E-state index >= 15 is 0 Å². The van der Waals surface area contributed by atoms with Crippen molar-refractivity contribution in [3.8, 4) is 11.5 Å². The molecule has 0 aromatic heterocycles. The molecule has 11 heteroatoms. The van der Waals surface area contributed by atoms with Crippen molar-refractivity contribution in [3.05, 3.63) is 71.4 Å². The number of benzene rings is 2. The Labute approximate surface area is 261 Å². The zero-order valence-corrected chi connectivity index (χ0v) is 25.9. The second-order valence-electron chi connectivity index (χ2n) is 11.5. The maximum absolute atomic E-state index is 14.3. The van der Waals surface area contributed by atoms with E-state index < -0.39 is 29.5 Å². The lowest BCUT2D eigenvalue weighted by Gasteiger charge is -2.51. The van der Waals surface area contributed by atoms with Crippen molar-refractivity contribution in [1.29, 1.82) is 0 Å². The molecule has 0 unspecified atom stereocenters. The van der Waals surface area contributed by atoms with Gasteiger partial charge in [-0.15, -0.1) is 0 Å². The van der Waals surface area contributed by atoms with Gasteiger partial charge in [-0.1, -0.05) is 36.4 Å². The predicted octanol–water partition coefficient (Wildman–Crippen LogP) is 3.78. The molecule has 0 spiro atoms. The van der Waals surface area contributed by atoms with Crippen LogP contribution in [0.2, 0.25) is 0 Å². The Morgan fingerprint density at radius 1 is 1.05 bits per heavy atom. The summed E-state index contributed by atoms with van der Waals surface area (Å²) in [6, 6.07) is 15.4. The zero-order valence-electron chi connectivity index (χ0n) is 25.1. The summed E-state index contributed by atoms with van der Waals surface area (Å²) in [5, 5.41) is 0. The van der Waals surface area contributed by atoms with Crippen LogP contribution in [-0.2, 0) is 41.7 Å². The summed E-state index contributed by atoms with van der Waals surface area (Å²) in [5.41, 5.74) is 1.08. The number of piperidine rings is 1. The molecule has 6 rings (SSSR count). The number of nitrogens with zero attached hydrogens (tertiary/aromatic N) is 2. The third kappa shape index (κ3) is 6.05. The van der Waals surface area contributed by atoms with Gasteiger partial charge >= 0.3 is 5.97 Å². The van der Waals surface area contributed by atoms with E-state index in [0.717, 1.165) is 22.6 Å². The zero-order chi connectivity index (χ0) is 30.7. The molecule has 2 saturated heterocycles. The lowest BCUT2D eigenvalue weighted by atomic mass is 9.66. The van der Waals surface area contributed by atoms with Crippen LogP contribution in [0.25, 0.3) is 0 Å². The second kappa shape index (κ2) is 13.2. The van der Waals surface area contributed by atoms with Crippen molar-refractivity contribution < 1.29 is 38.1 Å². The van der Waals surface area contributed by atoms with E-state index in [1.165, 1.54) is 7.11 Å². The van der Waals surface area contributed by atoms with Crippen molar-refractivity contribution in [1.82, 2.24) is 9.80 Å². The molecule has 234 valence electrons. The molecule has 0 aliphatic carbocycles. The Balaban J connectivity index is 1.33. The number of hydrogen-bond donors (Lipinski definition) is 0. The summed E-state index contributed by atoms with van der Waals surface area (Å²) in [7, 11) is 1.35. The molecule has 4 aliphatic rings. The number of methoxy groups -OCH3 is 1. The van der Waals surface area contributed by atoms with Gasteiger partial charge < -0.3 is 33.5 Å². The third-order valence-electron chi connectivity index (χ3n) is 8.85. The van der Waals surface area contributed by atoms with Crippen LogP contribution in [0.15, 0.2) is 60.3 Å². The van der Waals surface area contributed by atoms with Gasteiger partial charge in [-0.3, -0.25) is 14.4 Å². The Morgan fingerprint density at radius 3 is 2.59 bits per heavy atom. The summed E-state index contributed by atoms with van der Waals surface area (Å²) < 4.78 is 28.9. The van der Waals surface area contributed by atoms with Gasteiger partial charge in [-0.2, -0.15) is 11.8 Å². The highest BCUT2D eigenvalue weighted by molar-refractivity contribution is 7.99. The summed E-state index contributed by atoms with van der Waals surface area (Å²) in [6.07, 6.45) is 0.819. The standard InChI is InChI=1S/C33H38N2O8S/c1-22-33(32(38)39-2)17-25(15-30(36)34-10-12-44-13-11-34)31(37)35(18-24-8-9-27-28(14-24)42-21-41-27)29(33)16-26(43-22)20-40-19-23-6-4-3-5-7-23/h3-9,14,16,22,25-26H,10-13,15,17-21H2,1-2H3/t22-,25+,26-,33+/m1/s1. The summed E-state index contributed by atoms with van der Waals surface area (Å²) in [5.74, 6) is 1.50. The Hall–Kier alpha value is -3.54. The van der Waals surface area contributed by atoms with E-state index in [2.05, 4.69) is 0 Å². The Kier molecular flexibility index (Phi) is 9.16. The molecule has 2 fully saturated rings. The fraction of sp³-hybridized carbons (Fsp3) is 0.485. The van der Waals surface area contributed by atoms with Crippen LogP contribution in [0.5, 0.6) is 11.5 Å². The van der Waals surface area contributed by atoms with Gasteiger partial charge in [0.15, 0.2) is 11.5 Å². The van der Waals surface area contributed by atoms with Crippen molar-refractivity contribution in [2.75, 3.05) is 45.1 Å². The van der Waals surface area contributed by atoms with Gasteiger partial charge in [0.05, 0.1) is 33.0 Å². The lowest BCUT2D eigenvalue weighted by Crippen LogP contribution is -2.60. The highest BCUT2D eigenvalue weighted by Gasteiger charge is 2.59. The average Bonchev–Trinajstić information content (AvgIpc) is 3.52. The maximum Gasteiger partial charge on any atom is 0.320 e. The molecule has 0 saturated carbocycles. The molecule has 4 aliphatic heterocycles. The number of thioether (sulfide) groups is 1. The van der Waals surface area contributed by atoms with Crippen LogP contribution >= 0.6 is 11.8 Å². The van der Waals surface area contributed by atoms with Crippen LogP contribution in [0, 0.1) is 11.3 Å². The molecule has 0 bridgehead atoms. The first-order valence-corrected chi connectivity index (χ1v) is 16.2. The fourth-order valence-corrected chi connectivity index (χ4v) is 7.46. The van der Waals surface area contributed by atoms with Crippen molar-refractivity contribution in [3.63, 3.8) is 0 Å². The Bertz CT molecular complexity index is 1410. The number of esters is 1. The quantitative estimate of drug-likeness (QED) is 0.387. The van der Waals surface area contributed by atoms with E-state index in [-0.39, 0.29) is 44.6 Å². The number of fused-ring (bicyclic) bond motifs is 2. The van der Waals surface area contributed by atoms with E-state index in [1.54, 1.807) is 4.90 Å². The van der Waals surface area contributed by atoms with Crippen LogP contribution in [0.1, 0.15) is 30.9 Å². The molecular formula is C33H38N2O8S. The molecule has 10 nitrogen and oxygen atoms in total. The fourth-order valence-electron chi connectivity index (χ4n) is 6.55. The van der Waals surface area contributed by atoms with Gasteiger partial charge in [0.1, 0.15) is 11.5 Å². The average molecular weight is 623 g/mol. The van der Waals surface area contributed by atoms with Gasteiger partial charge in [-0.05, 0) is 42.7 Å². The SMILES string of the molecule is COC(=O)[C@]12C[C@H](CC(=O)N3CCSCC3)C(=O)N(Cc3ccc4c(c3)OCO4)C1=C[C@H](COCc1ccccc1)O[C@@H]2C. The first-order valence-electron chi connectivity index (χ1n) is 15.0. The number of rotatable bonds is 9. The molecule has 4 heterocycles. The smallest absolute Gasteiger partial charge is 0.320 e. The molecule has 2 amide bonds. The number of likely N-dealkylation sites (tertiary alicyclic amines) is 1. The number of ether oxygens (including phenoxy) is 5. The molecule has 44 heavy (non-hydrogen) atoms. The third-order valence-corrected chi connectivity index (χ3v) is 9.80. The minimum atomic E-state index is -1.28. The second-order valence-corrected chi connectivity index (χ2v) is 12.8. The van der Waals surface area contributed by atoms with E-state index in [0.29, 0.717) is 36.9 Å². The summed E-state index contributed by atoms with van der Waals surface area (Å²) in [6.45, 7) is 4.10. The highest BCUT2D eigenvalue weighted by Crippen LogP contribution is 2.51. The molecule has 2 aromatic carbocycles.